The van der Waals surface area contributed by atoms with Gasteiger partial charge in [-0.3, -0.25) is 5.32 Å². The molecule has 0 radical (unpaired) electrons. The Hall–Kier alpha value is -2.48. The van der Waals surface area contributed by atoms with Crippen molar-refractivity contribution in [3.8, 4) is 11.5 Å². The molecule has 1 atom stereocenters. The number of carboxylic acid groups (broad SMARTS) is 1. The Labute approximate surface area is 134 Å². The van der Waals surface area contributed by atoms with Crippen LogP contribution in [0.25, 0.3) is 0 Å². The van der Waals surface area contributed by atoms with Crippen molar-refractivity contribution in [1.82, 2.24) is 0 Å². The number of anilines is 1. The average Bonchev–Trinajstić information content (AvgIpc) is 2.43. The molecule has 1 amide bonds. The van der Waals surface area contributed by atoms with Crippen LogP contribution in [0, 0.1) is 0 Å². The van der Waals surface area contributed by atoms with Gasteiger partial charge in [0, 0.05) is 0 Å². The number of benzene rings is 1. The van der Waals surface area contributed by atoms with E-state index in [-0.39, 0.29) is 22.7 Å². The molecule has 0 aliphatic rings. The Morgan fingerprint density at radius 3 is 2.22 bits per heavy atom. The summed E-state index contributed by atoms with van der Waals surface area (Å²) in [4.78, 5) is 22.8. The maximum atomic E-state index is 11.9. The Balaban J connectivity index is 3.24. The zero-order chi connectivity index (χ0) is 17.8. The second-order valence-corrected chi connectivity index (χ2v) is 5.67. The van der Waals surface area contributed by atoms with Gasteiger partial charge in [-0.05, 0) is 38.5 Å². The monoisotopic (exact) mass is 327 g/mol. The highest BCUT2D eigenvalue weighted by Crippen LogP contribution is 2.38. The number of methoxy groups -OCH3 is 2. The maximum Gasteiger partial charge on any atom is 0.412 e. The highest BCUT2D eigenvalue weighted by Gasteiger charge is 2.23. The van der Waals surface area contributed by atoms with Crippen molar-refractivity contribution in [3.05, 3.63) is 17.7 Å². The number of aliphatic hydroxyl groups is 1. The van der Waals surface area contributed by atoms with Gasteiger partial charge in [0.15, 0.2) is 17.6 Å². The summed E-state index contributed by atoms with van der Waals surface area (Å²) < 4.78 is 15.4. The smallest absolute Gasteiger partial charge is 0.412 e. The number of carbonyl (C=O) groups is 2. The molecule has 1 aromatic carbocycles. The van der Waals surface area contributed by atoms with E-state index in [2.05, 4.69) is 5.32 Å². The number of hydrogen-bond acceptors (Lipinski definition) is 6. The molecule has 0 aliphatic heterocycles. The van der Waals surface area contributed by atoms with Gasteiger partial charge in [-0.2, -0.15) is 0 Å². The molecule has 0 spiro atoms. The molecule has 23 heavy (non-hydrogen) atoms. The van der Waals surface area contributed by atoms with Crippen molar-refractivity contribution in [2.24, 2.45) is 0 Å². The topological polar surface area (TPSA) is 114 Å². The molecular formula is C15H21NO7. The van der Waals surface area contributed by atoms with Gasteiger partial charge in [0.25, 0.3) is 0 Å². The molecule has 0 saturated carbocycles. The van der Waals surface area contributed by atoms with Gasteiger partial charge in [-0.1, -0.05) is 0 Å². The predicted octanol–water partition coefficient (Wildman–Crippen LogP) is 2.17. The van der Waals surface area contributed by atoms with Crippen LogP contribution in [0.1, 0.15) is 32.4 Å². The van der Waals surface area contributed by atoms with Crippen molar-refractivity contribution in [2.45, 2.75) is 32.5 Å². The summed E-state index contributed by atoms with van der Waals surface area (Å²) in [6.45, 7) is 5.11. The van der Waals surface area contributed by atoms with Crippen LogP contribution in [0.5, 0.6) is 11.5 Å². The molecule has 1 rings (SSSR count). The fourth-order valence-electron chi connectivity index (χ4n) is 1.79. The first-order chi connectivity index (χ1) is 10.6. The molecule has 8 heteroatoms. The van der Waals surface area contributed by atoms with Crippen LogP contribution in [0.15, 0.2) is 12.1 Å². The van der Waals surface area contributed by atoms with Crippen LogP contribution < -0.4 is 14.8 Å². The van der Waals surface area contributed by atoms with Crippen molar-refractivity contribution < 1.29 is 34.0 Å². The Morgan fingerprint density at radius 2 is 1.78 bits per heavy atom. The molecule has 1 unspecified atom stereocenters. The number of carbonyl (C=O) groups excluding carboxylic acids is 1. The van der Waals surface area contributed by atoms with Gasteiger partial charge in [0.1, 0.15) is 5.60 Å². The minimum absolute atomic E-state index is 0.0289. The van der Waals surface area contributed by atoms with Gasteiger partial charge < -0.3 is 24.4 Å². The van der Waals surface area contributed by atoms with Crippen LogP contribution >= 0.6 is 0 Å². The summed E-state index contributed by atoms with van der Waals surface area (Å²) in [5, 5.41) is 21.1. The van der Waals surface area contributed by atoms with E-state index in [0.29, 0.717) is 0 Å². The molecular weight excluding hydrogens is 306 g/mol. The first kappa shape index (κ1) is 18.6. The maximum absolute atomic E-state index is 11.9. The van der Waals surface area contributed by atoms with E-state index >= 15 is 0 Å². The number of ether oxygens (including phenoxy) is 3. The first-order valence-electron chi connectivity index (χ1n) is 6.76. The van der Waals surface area contributed by atoms with Crippen LogP contribution in [-0.4, -0.2) is 42.1 Å². The van der Waals surface area contributed by atoms with Gasteiger partial charge in [-0.25, -0.2) is 9.59 Å². The van der Waals surface area contributed by atoms with Crippen molar-refractivity contribution in [1.29, 1.82) is 0 Å². The Kier molecular flexibility index (Phi) is 5.80. The zero-order valence-electron chi connectivity index (χ0n) is 13.7. The SMILES string of the molecule is COc1cc(C(O)C(=O)O)cc(NC(=O)OC(C)(C)C)c1OC. The van der Waals surface area contributed by atoms with E-state index in [1.807, 2.05) is 0 Å². The van der Waals surface area contributed by atoms with Crippen LogP contribution in [0.2, 0.25) is 0 Å². The second-order valence-electron chi connectivity index (χ2n) is 5.67. The standard InChI is InChI=1S/C15H21NO7/c1-15(2,3)23-14(20)16-9-6-8(11(17)13(18)19)7-10(21-4)12(9)22-5/h6-7,11,17H,1-5H3,(H,16,20)(H,18,19). The summed E-state index contributed by atoms with van der Waals surface area (Å²) in [5.74, 6) is -1.09. The third-order valence-electron chi connectivity index (χ3n) is 2.69. The van der Waals surface area contributed by atoms with Crippen LogP contribution in [0.4, 0.5) is 10.5 Å². The molecule has 3 N–H and O–H groups in total. The lowest BCUT2D eigenvalue weighted by Gasteiger charge is -2.21. The third kappa shape index (κ3) is 5.03. The molecule has 0 aliphatic carbocycles. The molecule has 0 bridgehead atoms. The predicted molar refractivity (Wildman–Crippen MR) is 82.0 cm³/mol. The van der Waals surface area contributed by atoms with Gasteiger partial charge in [0.2, 0.25) is 0 Å². The molecule has 0 aromatic heterocycles. The minimum atomic E-state index is -1.77. The first-order valence-corrected chi connectivity index (χ1v) is 6.76. The number of carboxylic acids is 1. The summed E-state index contributed by atoms with van der Waals surface area (Å²) in [7, 11) is 2.72. The largest absolute Gasteiger partial charge is 0.493 e. The summed E-state index contributed by atoms with van der Waals surface area (Å²) in [6, 6.07) is 2.60. The quantitative estimate of drug-likeness (QED) is 0.759. The van der Waals surface area contributed by atoms with E-state index in [9.17, 15) is 14.7 Å². The molecule has 1 aromatic rings. The van der Waals surface area contributed by atoms with Gasteiger partial charge in [-0.15, -0.1) is 0 Å². The number of nitrogens with one attached hydrogen (secondary N) is 1. The highest BCUT2D eigenvalue weighted by molar-refractivity contribution is 5.88. The molecule has 0 saturated heterocycles. The zero-order valence-corrected chi connectivity index (χ0v) is 13.7. The minimum Gasteiger partial charge on any atom is -0.493 e. The lowest BCUT2D eigenvalue weighted by Crippen LogP contribution is -2.27. The number of hydrogen-bond donors (Lipinski definition) is 3. The number of rotatable bonds is 5. The third-order valence-corrected chi connectivity index (χ3v) is 2.69. The normalized spacial score (nSPS) is 12.3. The van der Waals surface area contributed by atoms with Crippen molar-refractivity contribution in [3.63, 3.8) is 0 Å². The van der Waals surface area contributed by atoms with Crippen LogP contribution in [0.3, 0.4) is 0 Å². The fraction of sp³-hybridized carbons (Fsp3) is 0.467. The summed E-state index contributed by atoms with van der Waals surface area (Å²) >= 11 is 0. The number of amides is 1. The average molecular weight is 327 g/mol. The fourth-order valence-corrected chi connectivity index (χ4v) is 1.79. The summed E-state index contributed by atoms with van der Waals surface area (Å²) in [6.07, 6.45) is -2.52. The lowest BCUT2D eigenvalue weighted by molar-refractivity contribution is -0.146. The molecule has 8 nitrogen and oxygen atoms in total. The lowest BCUT2D eigenvalue weighted by atomic mass is 10.1. The van der Waals surface area contributed by atoms with E-state index < -0.39 is 23.8 Å². The highest BCUT2D eigenvalue weighted by atomic mass is 16.6. The second kappa shape index (κ2) is 7.19. The number of aliphatic hydroxyl groups excluding tert-OH is 1. The van der Waals surface area contributed by atoms with Gasteiger partial charge in [0.05, 0.1) is 19.9 Å². The van der Waals surface area contributed by atoms with Crippen LogP contribution in [-0.2, 0) is 9.53 Å². The molecule has 0 fully saturated rings. The molecule has 0 heterocycles. The summed E-state index contributed by atoms with van der Waals surface area (Å²) in [5.41, 5.74) is -0.558. The Bertz CT molecular complexity index is 592. The number of aliphatic carboxylic acids is 1. The Morgan fingerprint density at radius 1 is 1.17 bits per heavy atom. The molecule has 128 valence electrons. The van der Waals surface area contributed by atoms with Crippen molar-refractivity contribution in [2.75, 3.05) is 19.5 Å². The van der Waals surface area contributed by atoms with E-state index in [4.69, 9.17) is 19.3 Å². The van der Waals surface area contributed by atoms with Crippen molar-refractivity contribution >= 4 is 17.7 Å². The van der Waals surface area contributed by atoms with E-state index in [1.54, 1.807) is 20.8 Å². The van der Waals surface area contributed by atoms with E-state index in [1.165, 1.54) is 26.4 Å². The van der Waals surface area contributed by atoms with E-state index in [0.717, 1.165) is 0 Å². The van der Waals surface area contributed by atoms with Gasteiger partial charge >= 0.3 is 12.1 Å².